The molecule has 5 heteroatoms. The lowest BCUT2D eigenvalue weighted by molar-refractivity contribution is -0.133. The molecule has 23 heavy (non-hydrogen) atoms. The molecule has 0 bridgehead atoms. The van der Waals surface area contributed by atoms with E-state index in [4.69, 9.17) is 16.7 Å². The van der Waals surface area contributed by atoms with E-state index < -0.39 is 0 Å². The van der Waals surface area contributed by atoms with Gasteiger partial charge >= 0.3 is 0 Å². The minimum atomic E-state index is 0.105. The highest BCUT2D eigenvalue weighted by atomic mass is 35.5. The van der Waals surface area contributed by atoms with Gasteiger partial charge < -0.3 is 14.9 Å². The zero-order chi connectivity index (χ0) is 16.7. The Morgan fingerprint density at radius 1 is 1.35 bits per heavy atom. The second-order valence-electron chi connectivity index (χ2n) is 6.35. The standard InChI is InChI=1S/C18H27ClN2O2/c1-20-10-3-2-5-17(20)13-18(23)21(11-4-12-22)14-15-6-8-16(19)9-7-15/h6-9,17,22H,2-5,10-14H2,1H3/t17-/m0/s1. The predicted molar refractivity (Wildman–Crippen MR) is 93.5 cm³/mol. The number of hydrogen-bond donors (Lipinski definition) is 1. The number of aliphatic hydroxyl groups excluding tert-OH is 1. The molecule has 0 aromatic heterocycles. The Balaban J connectivity index is 1.98. The summed E-state index contributed by atoms with van der Waals surface area (Å²) in [5.74, 6) is 0.173. The van der Waals surface area contributed by atoms with Crippen LogP contribution >= 0.6 is 11.6 Å². The fourth-order valence-electron chi connectivity index (χ4n) is 3.10. The molecule has 1 atom stereocenters. The number of halogens is 1. The minimum Gasteiger partial charge on any atom is -0.396 e. The van der Waals surface area contributed by atoms with Gasteiger partial charge in [0.15, 0.2) is 0 Å². The lowest BCUT2D eigenvalue weighted by Crippen LogP contribution is -2.41. The molecule has 1 aromatic carbocycles. The Bertz CT molecular complexity index is 492. The highest BCUT2D eigenvalue weighted by molar-refractivity contribution is 6.30. The predicted octanol–water partition coefficient (Wildman–Crippen LogP) is 2.93. The van der Waals surface area contributed by atoms with Crippen LogP contribution in [0, 0.1) is 0 Å². The van der Waals surface area contributed by atoms with Crippen LogP contribution < -0.4 is 0 Å². The van der Waals surface area contributed by atoms with Gasteiger partial charge in [-0.1, -0.05) is 30.2 Å². The normalized spacial score (nSPS) is 18.8. The molecule has 0 spiro atoms. The van der Waals surface area contributed by atoms with Gasteiger partial charge in [-0.3, -0.25) is 4.79 Å². The van der Waals surface area contributed by atoms with E-state index in [2.05, 4.69) is 11.9 Å². The fourth-order valence-corrected chi connectivity index (χ4v) is 3.22. The number of benzene rings is 1. The molecule has 2 rings (SSSR count). The van der Waals surface area contributed by atoms with Gasteiger partial charge in [0.1, 0.15) is 0 Å². The third-order valence-corrected chi connectivity index (χ3v) is 4.81. The number of carbonyl (C=O) groups is 1. The summed E-state index contributed by atoms with van der Waals surface area (Å²) in [4.78, 5) is 16.9. The number of aliphatic hydroxyl groups is 1. The Kier molecular flexibility index (Phi) is 7.34. The summed E-state index contributed by atoms with van der Waals surface area (Å²) in [6.07, 6.45) is 4.70. The largest absolute Gasteiger partial charge is 0.396 e. The fraction of sp³-hybridized carbons (Fsp3) is 0.611. The summed E-state index contributed by atoms with van der Waals surface area (Å²) in [5.41, 5.74) is 1.07. The second-order valence-corrected chi connectivity index (χ2v) is 6.79. The number of rotatable bonds is 7. The monoisotopic (exact) mass is 338 g/mol. The van der Waals surface area contributed by atoms with Crippen molar-refractivity contribution in [2.75, 3.05) is 26.7 Å². The maximum atomic E-state index is 12.7. The maximum absolute atomic E-state index is 12.7. The molecule has 128 valence electrons. The average Bonchev–Trinajstić information content (AvgIpc) is 2.55. The van der Waals surface area contributed by atoms with Crippen molar-refractivity contribution in [3.63, 3.8) is 0 Å². The first-order valence-corrected chi connectivity index (χ1v) is 8.81. The summed E-state index contributed by atoms with van der Waals surface area (Å²) in [6, 6.07) is 7.95. The number of nitrogens with zero attached hydrogens (tertiary/aromatic N) is 2. The third kappa shape index (κ3) is 5.79. The molecule has 1 saturated heterocycles. The molecule has 1 fully saturated rings. The highest BCUT2D eigenvalue weighted by Gasteiger charge is 2.24. The molecule has 0 radical (unpaired) electrons. The van der Waals surface area contributed by atoms with Crippen LogP contribution in [-0.4, -0.2) is 53.6 Å². The van der Waals surface area contributed by atoms with Crippen LogP contribution in [0.2, 0.25) is 5.02 Å². The third-order valence-electron chi connectivity index (χ3n) is 4.56. The quantitative estimate of drug-likeness (QED) is 0.831. The number of amides is 1. The first kappa shape index (κ1) is 18.2. The van der Waals surface area contributed by atoms with E-state index in [1.807, 2.05) is 29.2 Å². The Morgan fingerprint density at radius 2 is 2.09 bits per heavy atom. The highest BCUT2D eigenvalue weighted by Crippen LogP contribution is 2.20. The second kappa shape index (κ2) is 9.26. The van der Waals surface area contributed by atoms with Crippen LogP contribution in [-0.2, 0) is 11.3 Å². The molecule has 1 heterocycles. The molecule has 0 saturated carbocycles. The van der Waals surface area contributed by atoms with E-state index in [0.29, 0.717) is 37.0 Å². The van der Waals surface area contributed by atoms with Gasteiger partial charge in [-0.2, -0.15) is 0 Å². The van der Waals surface area contributed by atoms with E-state index in [-0.39, 0.29) is 12.5 Å². The molecular weight excluding hydrogens is 312 g/mol. The zero-order valence-electron chi connectivity index (χ0n) is 13.9. The maximum Gasteiger partial charge on any atom is 0.224 e. The molecular formula is C18H27ClN2O2. The zero-order valence-corrected chi connectivity index (χ0v) is 14.6. The summed E-state index contributed by atoms with van der Waals surface area (Å²) >= 11 is 5.92. The first-order chi connectivity index (χ1) is 11.1. The van der Waals surface area contributed by atoms with Crippen LogP contribution in [0.5, 0.6) is 0 Å². The molecule has 0 aliphatic carbocycles. The smallest absolute Gasteiger partial charge is 0.224 e. The van der Waals surface area contributed by atoms with Crippen molar-refractivity contribution in [3.05, 3.63) is 34.9 Å². The van der Waals surface area contributed by atoms with Crippen molar-refractivity contribution >= 4 is 17.5 Å². The van der Waals surface area contributed by atoms with E-state index >= 15 is 0 Å². The van der Waals surface area contributed by atoms with Crippen molar-refractivity contribution in [3.8, 4) is 0 Å². The Morgan fingerprint density at radius 3 is 2.74 bits per heavy atom. The summed E-state index contributed by atoms with van der Waals surface area (Å²) < 4.78 is 0. The van der Waals surface area contributed by atoms with Gasteiger partial charge in [-0.05, 0) is 50.6 Å². The molecule has 1 aromatic rings. The van der Waals surface area contributed by atoms with Gasteiger partial charge in [0, 0.05) is 37.2 Å². The molecule has 0 unspecified atom stereocenters. The average molecular weight is 339 g/mol. The van der Waals surface area contributed by atoms with Gasteiger partial charge in [0.05, 0.1) is 0 Å². The van der Waals surface area contributed by atoms with Crippen molar-refractivity contribution < 1.29 is 9.90 Å². The van der Waals surface area contributed by atoms with E-state index in [0.717, 1.165) is 18.5 Å². The van der Waals surface area contributed by atoms with E-state index in [1.165, 1.54) is 12.8 Å². The van der Waals surface area contributed by atoms with Crippen molar-refractivity contribution in [2.45, 2.75) is 44.7 Å². The number of hydrogen-bond acceptors (Lipinski definition) is 3. The lowest BCUT2D eigenvalue weighted by atomic mass is 9.99. The Hall–Kier alpha value is -1.10. The number of likely N-dealkylation sites (tertiary alicyclic amines) is 1. The van der Waals surface area contributed by atoms with E-state index in [9.17, 15) is 4.79 Å². The van der Waals surface area contributed by atoms with Gasteiger partial charge in [0.2, 0.25) is 5.91 Å². The summed E-state index contributed by atoms with van der Waals surface area (Å²) in [6.45, 7) is 2.35. The van der Waals surface area contributed by atoms with E-state index in [1.54, 1.807) is 0 Å². The Labute approximate surface area is 144 Å². The van der Waals surface area contributed by atoms with Crippen molar-refractivity contribution in [1.82, 2.24) is 9.80 Å². The van der Waals surface area contributed by atoms with Crippen LogP contribution in [0.1, 0.15) is 37.7 Å². The summed E-state index contributed by atoms with van der Waals surface area (Å²) in [5, 5.41) is 9.80. The van der Waals surface area contributed by atoms with Crippen LogP contribution in [0.4, 0.5) is 0 Å². The molecule has 1 amide bonds. The topological polar surface area (TPSA) is 43.8 Å². The minimum absolute atomic E-state index is 0.105. The van der Waals surface area contributed by atoms with Crippen LogP contribution in [0.3, 0.4) is 0 Å². The van der Waals surface area contributed by atoms with Crippen LogP contribution in [0.15, 0.2) is 24.3 Å². The number of carbonyl (C=O) groups excluding carboxylic acids is 1. The SMILES string of the molecule is CN1CCCC[C@H]1CC(=O)N(CCCO)Cc1ccc(Cl)cc1. The van der Waals surface area contributed by atoms with Crippen molar-refractivity contribution in [1.29, 1.82) is 0 Å². The lowest BCUT2D eigenvalue weighted by Gasteiger charge is -2.33. The van der Waals surface area contributed by atoms with Crippen LogP contribution in [0.25, 0.3) is 0 Å². The molecule has 1 aliphatic rings. The first-order valence-electron chi connectivity index (χ1n) is 8.43. The number of piperidine rings is 1. The summed E-state index contributed by atoms with van der Waals surface area (Å²) in [7, 11) is 2.11. The van der Waals surface area contributed by atoms with Gasteiger partial charge in [-0.25, -0.2) is 0 Å². The van der Waals surface area contributed by atoms with Crippen molar-refractivity contribution in [2.24, 2.45) is 0 Å². The molecule has 1 aliphatic heterocycles. The molecule has 4 nitrogen and oxygen atoms in total. The van der Waals surface area contributed by atoms with Gasteiger partial charge in [-0.15, -0.1) is 0 Å². The van der Waals surface area contributed by atoms with Gasteiger partial charge in [0.25, 0.3) is 0 Å². The molecule has 1 N–H and O–H groups in total.